The van der Waals surface area contributed by atoms with Crippen molar-refractivity contribution in [1.29, 1.82) is 0 Å². The predicted molar refractivity (Wildman–Crippen MR) is 87.9 cm³/mol. The summed E-state index contributed by atoms with van der Waals surface area (Å²) in [5.41, 5.74) is 2.92. The van der Waals surface area contributed by atoms with E-state index in [1.807, 2.05) is 0 Å². The molecule has 20 heavy (non-hydrogen) atoms. The minimum absolute atomic E-state index is 1.16. The fraction of sp³-hybridized carbons (Fsp3) is 0.556. The zero-order valence-electron chi connectivity index (χ0n) is 13.0. The Bertz CT molecular complexity index is 407. The number of hydrogen-bond acceptors (Lipinski definition) is 2. The van der Waals surface area contributed by atoms with Gasteiger partial charge in [-0.25, -0.2) is 0 Å². The van der Waals surface area contributed by atoms with Gasteiger partial charge in [-0.3, -0.25) is 4.90 Å². The van der Waals surface area contributed by atoms with Crippen molar-refractivity contribution in [2.75, 3.05) is 39.3 Å². The fourth-order valence-electron chi connectivity index (χ4n) is 2.90. The average Bonchev–Trinajstić information content (AvgIpc) is 2.92. The van der Waals surface area contributed by atoms with E-state index in [9.17, 15) is 0 Å². The van der Waals surface area contributed by atoms with Crippen LogP contribution in [0.5, 0.6) is 0 Å². The number of hydrogen-bond donors (Lipinski definition) is 0. The molecule has 1 fully saturated rings. The Morgan fingerprint density at radius 2 is 1.90 bits per heavy atom. The lowest BCUT2D eigenvalue weighted by atomic mass is 10.1. The van der Waals surface area contributed by atoms with Gasteiger partial charge in [0.2, 0.25) is 0 Å². The molecule has 0 aromatic heterocycles. The summed E-state index contributed by atoms with van der Waals surface area (Å²) in [6, 6.07) is 10.7. The Morgan fingerprint density at radius 1 is 1.15 bits per heavy atom. The molecular formula is C18H28N2. The van der Waals surface area contributed by atoms with Crippen molar-refractivity contribution in [3.8, 4) is 0 Å². The fourth-order valence-corrected chi connectivity index (χ4v) is 2.90. The summed E-state index contributed by atoms with van der Waals surface area (Å²) in [6.07, 6.45) is 4.89. The van der Waals surface area contributed by atoms with E-state index >= 15 is 0 Å². The highest BCUT2D eigenvalue weighted by Gasteiger charge is 2.15. The van der Waals surface area contributed by atoms with Gasteiger partial charge in [0.1, 0.15) is 0 Å². The molecule has 1 aromatic carbocycles. The maximum absolute atomic E-state index is 2.60. The lowest BCUT2D eigenvalue weighted by molar-refractivity contribution is 0.265. The Morgan fingerprint density at radius 3 is 2.60 bits per heavy atom. The molecule has 1 aliphatic heterocycles. The molecule has 0 saturated carbocycles. The second-order valence-electron chi connectivity index (χ2n) is 5.62. The van der Waals surface area contributed by atoms with Crippen LogP contribution in [0.1, 0.15) is 32.3 Å². The molecule has 0 bridgehead atoms. The topological polar surface area (TPSA) is 6.48 Å². The standard InChI is InChI=1S/C18H28N2/c1-3-19(4-2)12-8-13-20-14-11-18(16-20)15-17-9-6-5-7-10-17/h5-7,9-10,15H,3-4,8,11-14,16H2,1-2H3/b18-15-. The normalized spacial score (nSPS) is 18.2. The van der Waals surface area contributed by atoms with E-state index in [1.54, 1.807) is 5.57 Å². The first-order valence-corrected chi connectivity index (χ1v) is 8.01. The van der Waals surface area contributed by atoms with Crippen molar-refractivity contribution in [2.24, 2.45) is 0 Å². The highest BCUT2D eigenvalue weighted by atomic mass is 15.2. The maximum Gasteiger partial charge on any atom is 0.0196 e. The molecule has 1 aliphatic rings. The zero-order chi connectivity index (χ0) is 14.2. The SMILES string of the molecule is CCN(CC)CCCN1CC/C(=C/c2ccccc2)C1. The third-order valence-electron chi connectivity index (χ3n) is 4.19. The lowest BCUT2D eigenvalue weighted by Crippen LogP contribution is -2.28. The van der Waals surface area contributed by atoms with Crippen molar-refractivity contribution in [3.05, 3.63) is 41.5 Å². The molecule has 0 unspecified atom stereocenters. The highest BCUT2D eigenvalue weighted by molar-refractivity contribution is 5.53. The highest BCUT2D eigenvalue weighted by Crippen LogP contribution is 2.18. The molecular weight excluding hydrogens is 244 g/mol. The summed E-state index contributed by atoms with van der Waals surface area (Å²) in [4.78, 5) is 5.11. The molecule has 0 atom stereocenters. The minimum Gasteiger partial charge on any atom is -0.304 e. The van der Waals surface area contributed by atoms with E-state index in [4.69, 9.17) is 0 Å². The minimum atomic E-state index is 1.16. The van der Waals surface area contributed by atoms with Crippen molar-refractivity contribution in [3.63, 3.8) is 0 Å². The summed E-state index contributed by atoms with van der Waals surface area (Å²) in [6.45, 7) is 11.7. The summed E-state index contributed by atoms with van der Waals surface area (Å²) in [5, 5.41) is 0. The van der Waals surface area contributed by atoms with Crippen LogP contribution in [0.2, 0.25) is 0 Å². The molecule has 1 aromatic rings. The monoisotopic (exact) mass is 272 g/mol. The van der Waals surface area contributed by atoms with Gasteiger partial charge in [0.25, 0.3) is 0 Å². The van der Waals surface area contributed by atoms with Gasteiger partial charge >= 0.3 is 0 Å². The van der Waals surface area contributed by atoms with Gasteiger partial charge in [0.15, 0.2) is 0 Å². The van der Waals surface area contributed by atoms with Gasteiger partial charge < -0.3 is 4.90 Å². The Kier molecular flexibility index (Phi) is 6.28. The Labute approximate surface area is 124 Å². The Hall–Kier alpha value is -1.12. The number of likely N-dealkylation sites (tertiary alicyclic amines) is 1. The van der Waals surface area contributed by atoms with Crippen LogP contribution in [-0.2, 0) is 0 Å². The lowest BCUT2D eigenvalue weighted by Gasteiger charge is -2.20. The third-order valence-corrected chi connectivity index (χ3v) is 4.19. The molecule has 0 radical (unpaired) electrons. The van der Waals surface area contributed by atoms with E-state index < -0.39 is 0 Å². The van der Waals surface area contributed by atoms with Gasteiger partial charge in [-0.05, 0) is 44.6 Å². The first kappa shape index (κ1) is 15.3. The van der Waals surface area contributed by atoms with E-state index in [-0.39, 0.29) is 0 Å². The molecule has 0 spiro atoms. The third kappa shape index (κ3) is 4.77. The van der Waals surface area contributed by atoms with Gasteiger partial charge in [-0.15, -0.1) is 0 Å². The van der Waals surface area contributed by atoms with Gasteiger partial charge in [0.05, 0.1) is 0 Å². The van der Waals surface area contributed by atoms with Crippen molar-refractivity contribution >= 4 is 6.08 Å². The molecule has 1 saturated heterocycles. The summed E-state index contributed by atoms with van der Waals surface area (Å²) in [5.74, 6) is 0. The second kappa shape index (κ2) is 8.23. The number of rotatable bonds is 7. The summed E-state index contributed by atoms with van der Waals surface area (Å²) in [7, 11) is 0. The van der Waals surface area contributed by atoms with Gasteiger partial charge in [0, 0.05) is 13.1 Å². The van der Waals surface area contributed by atoms with Crippen molar-refractivity contribution < 1.29 is 0 Å². The predicted octanol–water partition coefficient (Wildman–Crippen LogP) is 3.51. The van der Waals surface area contributed by atoms with Crippen molar-refractivity contribution in [2.45, 2.75) is 26.7 Å². The maximum atomic E-state index is 2.60. The second-order valence-corrected chi connectivity index (χ2v) is 5.62. The summed E-state index contributed by atoms with van der Waals surface area (Å²) >= 11 is 0. The van der Waals surface area contributed by atoms with E-state index in [2.05, 4.69) is 60.1 Å². The quantitative estimate of drug-likeness (QED) is 0.749. The van der Waals surface area contributed by atoms with Crippen LogP contribution < -0.4 is 0 Å². The largest absolute Gasteiger partial charge is 0.304 e. The summed E-state index contributed by atoms with van der Waals surface area (Å²) < 4.78 is 0. The molecule has 0 amide bonds. The number of benzene rings is 1. The molecule has 2 heteroatoms. The van der Waals surface area contributed by atoms with Crippen LogP contribution in [0, 0.1) is 0 Å². The van der Waals surface area contributed by atoms with Crippen molar-refractivity contribution in [1.82, 2.24) is 9.80 Å². The molecule has 2 rings (SSSR count). The molecule has 110 valence electrons. The van der Waals surface area contributed by atoms with Crippen LogP contribution in [0.3, 0.4) is 0 Å². The van der Waals surface area contributed by atoms with Crippen LogP contribution >= 0.6 is 0 Å². The molecule has 0 N–H and O–H groups in total. The molecule has 0 aliphatic carbocycles. The van der Waals surface area contributed by atoms with E-state index in [0.717, 1.165) is 6.54 Å². The first-order chi connectivity index (χ1) is 9.81. The van der Waals surface area contributed by atoms with Crippen LogP contribution in [0.4, 0.5) is 0 Å². The molecule has 2 nitrogen and oxygen atoms in total. The Balaban J connectivity index is 1.74. The zero-order valence-corrected chi connectivity index (χ0v) is 13.0. The van der Waals surface area contributed by atoms with Crippen LogP contribution in [-0.4, -0.2) is 49.1 Å². The van der Waals surface area contributed by atoms with Gasteiger partial charge in [-0.2, -0.15) is 0 Å². The molecule has 1 heterocycles. The smallest absolute Gasteiger partial charge is 0.0196 e. The van der Waals surface area contributed by atoms with E-state index in [0.29, 0.717) is 0 Å². The first-order valence-electron chi connectivity index (χ1n) is 8.01. The number of nitrogens with zero attached hydrogens (tertiary/aromatic N) is 2. The van der Waals surface area contributed by atoms with E-state index in [1.165, 1.54) is 51.1 Å². The van der Waals surface area contributed by atoms with Crippen LogP contribution in [0.15, 0.2) is 35.9 Å². The van der Waals surface area contributed by atoms with Crippen LogP contribution in [0.25, 0.3) is 6.08 Å². The average molecular weight is 272 g/mol. The van der Waals surface area contributed by atoms with Gasteiger partial charge in [-0.1, -0.05) is 55.8 Å².